The highest BCUT2D eigenvalue weighted by Gasteiger charge is 2.32. The smallest absolute Gasteiger partial charge is 0.407 e. The molecule has 2 aromatic rings. The van der Waals surface area contributed by atoms with E-state index in [2.05, 4.69) is 10.4 Å². The zero-order valence-corrected chi connectivity index (χ0v) is 21.2. The van der Waals surface area contributed by atoms with Gasteiger partial charge in [-0.15, -0.1) is 5.10 Å². The van der Waals surface area contributed by atoms with Gasteiger partial charge in [-0.3, -0.25) is 4.68 Å². The monoisotopic (exact) mass is 479 g/mol. The summed E-state index contributed by atoms with van der Waals surface area (Å²) in [5.41, 5.74) is -0.0238. The lowest BCUT2D eigenvalue weighted by molar-refractivity contribution is 0.0449. The summed E-state index contributed by atoms with van der Waals surface area (Å²) in [6.45, 7) is 13.6. The number of alkyl carbamates (subject to hydrolysis) is 1. The summed E-state index contributed by atoms with van der Waals surface area (Å²) in [5, 5.41) is 7.39. The molecule has 0 bridgehead atoms. The molecule has 0 radical (unpaired) electrons. The molecule has 1 amide bonds. The number of halogens is 1. The second-order valence-electron chi connectivity index (χ2n) is 9.71. The lowest BCUT2D eigenvalue weighted by atomic mass is 9.86. The van der Waals surface area contributed by atoms with Crippen LogP contribution < -0.4 is 10.1 Å². The van der Waals surface area contributed by atoms with Crippen LogP contribution in [0.3, 0.4) is 0 Å². The fraction of sp³-hybridized carbons (Fsp3) is 0.542. The van der Waals surface area contributed by atoms with Crippen LogP contribution in [0, 0.1) is 5.41 Å². The quantitative estimate of drug-likeness (QED) is 0.521. The second kappa shape index (κ2) is 10.9. The fourth-order valence-corrected chi connectivity index (χ4v) is 3.19. The Hall–Kier alpha value is -2.74. The van der Waals surface area contributed by atoms with E-state index in [4.69, 9.17) is 25.8 Å². The number of nitrogens with zero attached hydrogens (tertiary/aromatic N) is 2. The third-order valence-electron chi connectivity index (χ3n) is 4.64. The summed E-state index contributed by atoms with van der Waals surface area (Å²) >= 11 is 6.50. The molecule has 33 heavy (non-hydrogen) atoms. The lowest BCUT2D eigenvalue weighted by Crippen LogP contribution is -2.48. The van der Waals surface area contributed by atoms with Crippen molar-refractivity contribution in [3.63, 3.8) is 0 Å². The molecular weight excluding hydrogens is 446 g/mol. The highest BCUT2D eigenvalue weighted by molar-refractivity contribution is 6.34. The Kier molecular flexibility index (Phi) is 8.77. The number of carbonyl (C=O) groups is 2. The number of rotatable bonds is 8. The fourth-order valence-electron chi connectivity index (χ4n) is 2.92. The Morgan fingerprint density at radius 1 is 1.12 bits per heavy atom. The maximum Gasteiger partial charge on any atom is 0.407 e. The molecule has 1 heterocycles. The first-order valence-electron chi connectivity index (χ1n) is 10.9. The normalized spacial score (nSPS) is 12.7. The summed E-state index contributed by atoms with van der Waals surface area (Å²) < 4.78 is 17.8. The molecule has 2 rings (SSSR count). The van der Waals surface area contributed by atoms with E-state index in [-0.39, 0.29) is 41.8 Å². The molecular formula is C24H34ClN3O5. The molecule has 8 nitrogen and oxygen atoms in total. The van der Waals surface area contributed by atoms with E-state index in [0.717, 1.165) is 5.56 Å². The zero-order valence-electron chi connectivity index (χ0n) is 20.4. The summed E-state index contributed by atoms with van der Waals surface area (Å²) in [6.07, 6.45) is -0.557. The number of ether oxygens (including phenoxy) is 3. The summed E-state index contributed by atoms with van der Waals surface area (Å²) in [4.78, 5) is 25.1. The average molecular weight is 480 g/mol. The van der Waals surface area contributed by atoms with Gasteiger partial charge in [-0.2, -0.15) is 0 Å². The highest BCUT2D eigenvalue weighted by Crippen LogP contribution is 2.31. The molecule has 0 unspecified atom stereocenters. The van der Waals surface area contributed by atoms with Gasteiger partial charge in [-0.1, -0.05) is 62.7 Å². The molecule has 1 aromatic heterocycles. The maximum absolute atomic E-state index is 12.7. The van der Waals surface area contributed by atoms with Crippen molar-refractivity contribution < 1.29 is 23.8 Å². The van der Waals surface area contributed by atoms with Crippen molar-refractivity contribution in [2.75, 3.05) is 6.61 Å². The van der Waals surface area contributed by atoms with Crippen LogP contribution in [0.15, 0.2) is 30.3 Å². The molecule has 182 valence electrons. The molecule has 0 aliphatic carbocycles. The number of benzene rings is 1. The van der Waals surface area contributed by atoms with E-state index in [1.807, 2.05) is 51.1 Å². The van der Waals surface area contributed by atoms with Crippen LogP contribution in [0.5, 0.6) is 5.88 Å². The molecule has 0 saturated heterocycles. The molecule has 0 aliphatic rings. The number of carbonyl (C=O) groups excluding carboxylic acids is 2. The van der Waals surface area contributed by atoms with Crippen LogP contribution in [-0.2, 0) is 22.6 Å². The van der Waals surface area contributed by atoms with Crippen molar-refractivity contribution in [2.24, 2.45) is 5.41 Å². The average Bonchev–Trinajstić information content (AvgIpc) is 3.00. The Labute approximate surface area is 200 Å². The van der Waals surface area contributed by atoms with Crippen LogP contribution in [0.4, 0.5) is 4.79 Å². The Balaban J connectivity index is 2.33. The minimum Gasteiger partial charge on any atom is -0.471 e. The Morgan fingerprint density at radius 3 is 2.30 bits per heavy atom. The van der Waals surface area contributed by atoms with Crippen LogP contribution >= 0.6 is 11.6 Å². The highest BCUT2D eigenvalue weighted by atomic mass is 35.5. The zero-order chi connectivity index (χ0) is 24.8. The molecule has 0 spiro atoms. The minimum atomic E-state index is -0.643. The van der Waals surface area contributed by atoms with Gasteiger partial charge in [0.1, 0.15) is 17.2 Å². The van der Waals surface area contributed by atoms with E-state index >= 15 is 0 Å². The number of amides is 1. The van der Waals surface area contributed by atoms with Crippen LogP contribution in [0.2, 0.25) is 5.02 Å². The predicted molar refractivity (Wildman–Crippen MR) is 127 cm³/mol. The number of nitrogens with one attached hydrogen (secondary N) is 1. The minimum absolute atomic E-state index is 0.0642. The first-order valence-corrected chi connectivity index (χ1v) is 11.3. The Morgan fingerprint density at radius 2 is 1.76 bits per heavy atom. The van der Waals surface area contributed by atoms with Gasteiger partial charge in [0.25, 0.3) is 5.88 Å². The van der Waals surface area contributed by atoms with Crippen LogP contribution in [-0.4, -0.2) is 40.1 Å². The van der Waals surface area contributed by atoms with E-state index in [1.165, 1.54) is 4.68 Å². The van der Waals surface area contributed by atoms with Crippen molar-refractivity contribution >= 4 is 23.7 Å². The molecule has 1 atom stereocenters. The van der Waals surface area contributed by atoms with E-state index < -0.39 is 23.7 Å². The predicted octanol–water partition coefficient (Wildman–Crippen LogP) is 5.23. The van der Waals surface area contributed by atoms with E-state index in [0.29, 0.717) is 0 Å². The number of esters is 1. The van der Waals surface area contributed by atoms with Crippen molar-refractivity contribution in [1.29, 1.82) is 0 Å². The topological polar surface area (TPSA) is 91.7 Å². The van der Waals surface area contributed by atoms with Gasteiger partial charge in [0.2, 0.25) is 0 Å². The summed E-state index contributed by atoms with van der Waals surface area (Å²) in [6, 6.07) is 9.11. The summed E-state index contributed by atoms with van der Waals surface area (Å²) in [7, 11) is 0. The maximum atomic E-state index is 12.7. The summed E-state index contributed by atoms with van der Waals surface area (Å²) in [5.74, 6) is -0.497. The third-order valence-corrected chi connectivity index (χ3v) is 4.99. The van der Waals surface area contributed by atoms with Crippen LogP contribution in [0.25, 0.3) is 0 Å². The van der Waals surface area contributed by atoms with Gasteiger partial charge in [-0.05, 0) is 38.7 Å². The standard InChI is InChI=1S/C24H34ClN3O5/c1-8-31-21(29)19-18(25)20(32-15-16-12-10-9-11-13-16)27-28(19)14-17(23(2,3)4)26-22(30)33-24(5,6)7/h9-13,17H,8,14-15H2,1-7H3,(H,26,30)/t17-/m0/s1. The largest absolute Gasteiger partial charge is 0.471 e. The van der Waals surface area contributed by atoms with E-state index in [1.54, 1.807) is 27.7 Å². The van der Waals surface area contributed by atoms with Crippen molar-refractivity contribution in [2.45, 2.75) is 73.3 Å². The van der Waals surface area contributed by atoms with Gasteiger partial charge in [-0.25, -0.2) is 9.59 Å². The van der Waals surface area contributed by atoms with Crippen molar-refractivity contribution in [3.05, 3.63) is 46.6 Å². The van der Waals surface area contributed by atoms with Crippen molar-refractivity contribution in [1.82, 2.24) is 15.1 Å². The van der Waals surface area contributed by atoms with Gasteiger partial charge >= 0.3 is 12.1 Å². The molecule has 0 saturated carbocycles. The number of hydrogen-bond donors (Lipinski definition) is 1. The number of hydrogen-bond acceptors (Lipinski definition) is 6. The van der Waals surface area contributed by atoms with Gasteiger partial charge < -0.3 is 19.5 Å². The van der Waals surface area contributed by atoms with E-state index in [9.17, 15) is 9.59 Å². The second-order valence-corrected chi connectivity index (χ2v) is 10.1. The van der Waals surface area contributed by atoms with Gasteiger partial charge in [0.15, 0.2) is 5.69 Å². The number of aromatic nitrogens is 2. The van der Waals surface area contributed by atoms with Crippen molar-refractivity contribution in [3.8, 4) is 5.88 Å². The molecule has 1 aromatic carbocycles. The van der Waals surface area contributed by atoms with Gasteiger partial charge in [0.05, 0.1) is 19.2 Å². The molecule has 0 aliphatic heterocycles. The molecule has 9 heteroatoms. The molecule has 1 N–H and O–H groups in total. The SMILES string of the molecule is CCOC(=O)c1c(Cl)c(OCc2ccccc2)nn1C[C@H](NC(=O)OC(C)(C)C)C(C)(C)C. The molecule has 0 fully saturated rings. The lowest BCUT2D eigenvalue weighted by Gasteiger charge is -2.32. The third kappa shape index (κ3) is 7.96. The van der Waals surface area contributed by atoms with Gasteiger partial charge in [0, 0.05) is 0 Å². The first kappa shape index (κ1) is 26.5. The first-order chi connectivity index (χ1) is 15.3. The van der Waals surface area contributed by atoms with Crippen LogP contribution in [0.1, 0.15) is 64.5 Å². The Bertz CT molecular complexity index is 945.